The molecule has 2 rings (SSSR count). The minimum Gasteiger partial charge on any atom is -0.481 e. The fourth-order valence-electron chi connectivity index (χ4n) is 2.72. The lowest BCUT2D eigenvalue weighted by Gasteiger charge is -2.16. The van der Waals surface area contributed by atoms with Crippen LogP contribution in [0.25, 0.3) is 0 Å². The zero-order chi connectivity index (χ0) is 14.4. The van der Waals surface area contributed by atoms with Gasteiger partial charge >= 0.3 is 5.97 Å². The van der Waals surface area contributed by atoms with Crippen LogP contribution in [-0.4, -0.2) is 60.5 Å². The number of aliphatic hydroxyl groups is 1. The molecule has 110 valence electrons. The number of carbonyl (C=O) groups is 1. The molecule has 5 nitrogen and oxygen atoms in total. The van der Waals surface area contributed by atoms with Crippen LogP contribution in [0.4, 0.5) is 0 Å². The predicted octanol–water partition coefficient (Wildman–Crippen LogP) is 0.796. The van der Waals surface area contributed by atoms with Gasteiger partial charge in [0.2, 0.25) is 0 Å². The number of likely N-dealkylation sites (tertiary alicyclic amines) is 1. The van der Waals surface area contributed by atoms with E-state index >= 15 is 0 Å². The highest BCUT2D eigenvalue weighted by molar-refractivity contribution is 5.72. The molecule has 0 unspecified atom stereocenters. The van der Waals surface area contributed by atoms with Crippen molar-refractivity contribution in [3.63, 3.8) is 0 Å². The van der Waals surface area contributed by atoms with Crippen molar-refractivity contribution in [1.82, 2.24) is 4.90 Å². The summed E-state index contributed by atoms with van der Waals surface area (Å²) in [4.78, 5) is 13.5. The van der Waals surface area contributed by atoms with E-state index in [-0.39, 0.29) is 18.4 Å². The summed E-state index contributed by atoms with van der Waals surface area (Å²) >= 11 is 0. The molecule has 0 saturated carbocycles. The van der Waals surface area contributed by atoms with Gasteiger partial charge in [-0.1, -0.05) is 30.3 Å². The van der Waals surface area contributed by atoms with Crippen molar-refractivity contribution < 1.29 is 19.7 Å². The van der Waals surface area contributed by atoms with Crippen molar-refractivity contribution in [2.24, 2.45) is 5.92 Å². The molecule has 1 fully saturated rings. The number of hydrogen-bond donors (Lipinski definition) is 2. The van der Waals surface area contributed by atoms with Crippen LogP contribution < -0.4 is 0 Å². The summed E-state index contributed by atoms with van der Waals surface area (Å²) in [6, 6.07) is 9.82. The van der Waals surface area contributed by atoms with Gasteiger partial charge in [0.25, 0.3) is 0 Å². The second-order valence-corrected chi connectivity index (χ2v) is 5.06. The number of carboxylic acids is 1. The summed E-state index contributed by atoms with van der Waals surface area (Å²) in [7, 11) is 0. The third kappa shape index (κ3) is 3.79. The van der Waals surface area contributed by atoms with Crippen molar-refractivity contribution in [3.8, 4) is 0 Å². The van der Waals surface area contributed by atoms with E-state index < -0.39 is 5.97 Å². The number of hydrogen-bond acceptors (Lipinski definition) is 4. The average molecular weight is 279 g/mol. The first kappa shape index (κ1) is 15.0. The van der Waals surface area contributed by atoms with Crippen LogP contribution in [0.5, 0.6) is 0 Å². The minimum atomic E-state index is -0.738. The second kappa shape index (κ2) is 7.38. The van der Waals surface area contributed by atoms with Crippen LogP contribution in [-0.2, 0) is 9.53 Å². The van der Waals surface area contributed by atoms with Crippen LogP contribution >= 0.6 is 0 Å². The number of benzene rings is 1. The standard InChI is InChI=1S/C15H21NO4/c17-7-9-20-8-6-16-10-13(14(11-16)15(18)19)12-4-2-1-3-5-12/h1-5,13-14,17H,6-11H2,(H,18,19)/t13-,14+/m0/s1. The number of aliphatic hydroxyl groups excluding tert-OH is 1. The van der Waals surface area contributed by atoms with Crippen LogP contribution in [0.1, 0.15) is 11.5 Å². The lowest BCUT2D eigenvalue weighted by Crippen LogP contribution is -2.27. The van der Waals surface area contributed by atoms with Crippen molar-refractivity contribution in [1.29, 1.82) is 0 Å². The Bertz CT molecular complexity index is 423. The van der Waals surface area contributed by atoms with Gasteiger partial charge in [0.15, 0.2) is 0 Å². The van der Waals surface area contributed by atoms with Gasteiger partial charge in [-0.25, -0.2) is 0 Å². The largest absolute Gasteiger partial charge is 0.481 e. The van der Waals surface area contributed by atoms with Gasteiger partial charge in [-0.2, -0.15) is 0 Å². The van der Waals surface area contributed by atoms with E-state index in [4.69, 9.17) is 9.84 Å². The van der Waals surface area contributed by atoms with Crippen LogP contribution in [0.2, 0.25) is 0 Å². The maximum absolute atomic E-state index is 11.4. The molecular weight excluding hydrogens is 258 g/mol. The summed E-state index contributed by atoms with van der Waals surface area (Å²) in [6.45, 7) is 2.87. The highest BCUT2D eigenvalue weighted by atomic mass is 16.5. The average Bonchev–Trinajstić information content (AvgIpc) is 2.89. The van der Waals surface area contributed by atoms with Gasteiger partial charge in [0.05, 0.1) is 25.7 Å². The maximum Gasteiger partial charge on any atom is 0.308 e. The molecule has 1 heterocycles. The summed E-state index contributed by atoms with van der Waals surface area (Å²) in [6.07, 6.45) is 0. The monoisotopic (exact) mass is 279 g/mol. The van der Waals surface area contributed by atoms with Crippen LogP contribution in [0, 0.1) is 5.92 Å². The first-order valence-corrected chi connectivity index (χ1v) is 6.91. The van der Waals surface area contributed by atoms with E-state index in [1.54, 1.807) is 0 Å². The molecule has 0 amide bonds. The molecule has 0 aliphatic carbocycles. The lowest BCUT2D eigenvalue weighted by atomic mass is 9.89. The summed E-state index contributed by atoms with van der Waals surface area (Å²) in [5.41, 5.74) is 1.08. The Hall–Kier alpha value is -1.43. The molecule has 2 N–H and O–H groups in total. The normalized spacial score (nSPS) is 23.1. The van der Waals surface area contributed by atoms with Gasteiger partial charge in [0.1, 0.15) is 0 Å². The van der Waals surface area contributed by atoms with Crippen molar-refractivity contribution >= 4 is 5.97 Å². The maximum atomic E-state index is 11.4. The lowest BCUT2D eigenvalue weighted by molar-refractivity contribution is -0.141. The first-order chi connectivity index (χ1) is 9.72. The van der Waals surface area contributed by atoms with E-state index in [9.17, 15) is 9.90 Å². The number of carboxylic acid groups (broad SMARTS) is 1. The fourth-order valence-corrected chi connectivity index (χ4v) is 2.72. The molecule has 1 aliphatic heterocycles. The van der Waals surface area contributed by atoms with Crippen molar-refractivity contribution in [2.75, 3.05) is 39.5 Å². The molecule has 1 saturated heterocycles. The molecule has 1 aromatic carbocycles. The number of nitrogens with zero attached hydrogens (tertiary/aromatic N) is 1. The van der Waals surface area contributed by atoms with E-state index in [1.807, 2.05) is 30.3 Å². The van der Waals surface area contributed by atoms with Gasteiger partial charge in [0, 0.05) is 25.6 Å². The quantitative estimate of drug-likeness (QED) is 0.722. The van der Waals surface area contributed by atoms with Crippen molar-refractivity contribution in [2.45, 2.75) is 5.92 Å². The van der Waals surface area contributed by atoms with E-state index in [2.05, 4.69) is 4.90 Å². The van der Waals surface area contributed by atoms with E-state index in [1.165, 1.54) is 0 Å². The molecule has 20 heavy (non-hydrogen) atoms. The van der Waals surface area contributed by atoms with Gasteiger partial charge in [-0.3, -0.25) is 9.69 Å². The molecule has 1 aromatic rings. The van der Waals surface area contributed by atoms with E-state index in [0.717, 1.165) is 12.1 Å². The summed E-state index contributed by atoms with van der Waals surface area (Å²) in [5, 5.41) is 18.0. The number of rotatable bonds is 7. The van der Waals surface area contributed by atoms with Crippen LogP contribution in [0.3, 0.4) is 0 Å². The van der Waals surface area contributed by atoms with Crippen molar-refractivity contribution in [3.05, 3.63) is 35.9 Å². The Kier molecular flexibility index (Phi) is 5.52. The zero-order valence-electron chi connectivity index (χ0n) is 11.4. The Morgan fingerprint density at radius 2 is 2.00 bits per heavy atom. The Balaban J connectivity index is 1.95. The molecule has 0 bridgehead atoms. The molecule has 5 heteroatoms. The topological polar surface area (TPSA) is 70.0 Å². The molecule has 2 atom stereocenters. The molecule has 0 radical (unpaired) electrons. The molecule has 0 spiro atoms. The number of aliphatic carboxylic acids is 1. The first-order valence-electron chi connectivity index (χ1n) is 6.91. The van der Waals surface area contributed by atoms with Gasteiger partial charge in [-0.05, 0) is 5.56 Å². The zero-order valence-corrected chi connectivity index (χ0v) is 11.4. The van der Waals surface area contributed by atoms with Gasteiger partial charge < -0.3 is 14.9 Å². The van der Waals surface area contributed by atoms with Gasteiger partial charge in [-0.15, -0.1) is 0 Å². The molecule has 0 aromatic heterocycles. The highest BCUT2D eigenvalue weighted by Gasteiger charge is 2.38. The molecule has 1 aliphatic rings. The fraction of sp³-hybridized carbons (Fsp3) is 0.533. The Morgan fingerprint density at radius 3 is 2.65 bits per heavy atom. The van der Waals surface area contributed by atoms with Crippen LogP contribution in [0.15, 0.2) is 30.3 Å². The number of ether oxygens (including phenoxy) is 1. The third-order valence-electron chi connectivity index (χ3n) is 3.73. The predicted molar refractivity (Wildman–Crippen MR) is 74.7 cm³/mol. The Labute approximate surface area is 118 Å². The Morgan fingerprint density at radius 1 is 1.25 bits per heavy atom. The van der Waals surface area contributed by atoms with E-state index in [0.29, 0.717) is 26.3 Å². The second-order valence-electron chi connectivity index (χ2n) is 5.06. The smallest absolute Gasteiger partial charge is 0.308 e. The highest BCUT2D eigenvalue weighted by Crippen LogP contribution is 2.32. The minimum absolute atomic E-state index is 0.0182. The third-order valence-corrected chi connectivity index (χ3v) is 3.73. The SMILES string of the molecule is O=C(O)[C@@H]1CN(CCOCCO)C[C@H]1c1ccccc1. The summed E-state index contributed by atoms with van der Waals surface area (Å²) < 4.78 is 5.24. The molecular formula is C15H21NO4. The summed E-state index contributed by atoms with van der Waals surface area (Å²) in [5.74, 6) is -1.07.